The number of primary amides is 1. The fraction of sp³-hybridized carbons (Fsp3) is 0.370. The van der Waals surface area contributed by atoms with Crippen molar-refractivity contribution in [3.8, 4) is 11.1 Å². The van der Waals surface area contributed by atoms with Crippen molar-refractivity contribution in [1.29, 1.82) is 0 Å². The van der Waals surface area contributed by atoms with Gasteiger partial charge in [-0.25, -0.2) is 4.79 Å². The smallest absolute Gasteiger partial charge is 0.411 e. The van der Waals surface area contributed by atoms with Crippen LogP contribution in [0.3, 0.4) is 0 Å². The molecule has 2 aromatic carbocycles. The van der Waals surface area contributed by atoms with Crippen LogP contribution in [0.2, 0.25) is 0 Å². The summed E-state index contributed by atoms with van der Waals surface area (Å²) in [5.74, 6) is 0.0460. The summed E-state index contributed by atoms with van der Waals surface area (Å²) in [7, 11) is 1.58. The summed E-state index contributed by atoms with van der Waals surface area (Å²) in [6.07, 6.45) is 2.46. The van der Waals surface area contributed by atoms with E-state index in [0.717, 1.165) is 58.1 Å². The Balaban J connectivity index is 2.22. The number of aromatic nitrogens is 1. The van der Waals surface area contributed by atoms with Gasteiger partial charge in [0.15, 0.2) is 0 Å². The van der Waals surface area contributed by atoms with Gasteiger partial charge in [-0.3, -0.25) is 14.7 Å². The average molecular weight is 448 g/mol. The Bertz CT molecular complexity index is 1150. The van der Waals surface area contributed by atoms with Crippen LogP contribution in [0.1, 0.15) is 49.9 Å². The lowest BCUT2D eigenvalue weighted by molar-refractivity contribution is -0.118. The van der Waals surface area contributed by atoms with Crippen molar-refractivity contribution in [1.82, 2.24) is 4.98 Å². The fourth-order valence-electron chi connectivity index (χ4n) is 4.13. The maximum atomic E-state index is 12.1. The van der Waals surface area contributed by atoms with Gasteiger partial charge in [0, 0.05) is 24.4 Å². The molecule has 0 atom stereocenters. The number of hydrogen-bond acceptors (Lipinski definition) is 3. The first-order valence-electron chi connectivity index (χ1n) is 11.4. The second-order valence-electron chi connectivity index (χ2n) is 9.11. The molecule has 3 N–H and O–H groups in total. The SMILES string of the molecule is Cc1ccc(-c2c(N(C)C(=O)O)c(CC(C)C)nc3ccc(CCCCC(N)=O)cc23)cc1. The molecule has 6 nitrogen and oxygen atoms in total. The molecule has 0 aliphatic rings. The summed E-state index contributed by atoms with van der Waals surface area (Å²) in [6, 6.07) is 14.4. The number of benzene rings is 2. The average Bonchev–Trinajstić information content (AvgIpc) is 2.75. The zero-order chi connectivity index (χ0) is 24.1. The lowest BCUT2D eigenvalue weighted by atomic mass is 9.92. The molecular formula is C27H33N3O3. The number of carboxylic acid groups (broad SMARTS) is 1. The number of fused-ring (bicyclic) bond motifs is 1. The minimum atomic E-state index is -1.02. The van der Waals surface area contributed by atoms with Crippen molar-refractivity contribution in [2.45, 2.75) is 52.9 Å². The third-order valence-electron chi connectivity index (χ3n) is 5.80. The van der Waals surface area contributed by atoms with E-state index in [1.807, 2.05) is 37.3 Å². The molecule has 0 saturated heterocycles. The summed E-state index contributed by atoms with van der Waals surface area (Å²) in [5, 5.41) is 10.8. The molecule has 2 amide bonds. The number of hydrogen-bond donors (Lipinski definition) is 2. The summed E-state index contributed by atoms with van der Waals surface area (Å²) >= 11 is 0. The van der Waals surface area contributed by atoms with E-state index in [2.05, 4.69) is 26.0 Å². The first-order chi connectivity index (χ1) is 15.7. The molecule has 0 unspecified atom stereocenters. The van der Waals surface area contributed by atoms with Crippen LogP contribution in [0.5, 0.6) is 0 Å². The standard InChI is InChI=1S/C27H33N3O3/c1-17(2)15-23-26(30(4)27(32)33)25(20-12-9-18(3)10-13-20)21-16-19(11-14-22(21)29-23)7-5-6-8-24(28)31/h9-14,16-17H,5-8,15H2,1-4H3,(H2,28,31)(H,32,33). The van der Waals surface area contributed by atoms with Crippen LogP contribution in [0.4, 0.5) is 10.5 Å². The van der Waals surface area contributed by atoms with Gasteiger partial charge in [-0.15, -0.1) is 0 Å². The fourth-order valence-corrected chi connectivity index (χ4v) is 4.13. The van der Waals surface area contributed by atoms with E-state index in [9.17, 15) is 14.7 Å². The van der Waals surface area contributed by atoms with Gasteiger partial charge in [0.2, 0.25) is 5.91 Å². The lowest BCUT2D eigenvalue weighted by Crippen LogP contribution is -2.26. The van der Waals surface area contributed by atoms with E-state index in [4.69, 9.17) is 10.7 Å². The number of anilines is 1. The highest BCUT2D eigenvalue weighted by Crippen LogP contribution is 2.40. The van der Waals surface area contributed by atoms with Crippen LogP contribution in [-0.4, -0.2) is 29.1 Å². The molecule has 0 aliphatic carbocycles. The summed E-state index contributed by atoms with van der Waals surface area (Å²) in [4.78, 5) is 29.3. The number of rotatable bonds is 9. The van der Waals surface area contributed by atoms with E-state index in [1.165, 1.54) is 4.90 Å². The Labute approximate surface area is 195 Å². The minimum Gasteiger partial charge on any atom is -0.465 e. The number of nitrogens with zero attached hydrogens (tertiary/aromatic N) is 2. The van der Waals surface area contributed by atoms with Gasteiger partial charge in [-0.1, -0.05) is 49.7 Å². The van der Waals surface area contributed by atoms with E-state index >= 15 is 0 Å². The third-order valence-corrected chi connectivity index (χ3v) is 5.80. The maximum absolute atomic E-state index is 12.1. The monoisotopic (exact) mass is 447 g/mol. The van der Waals surface area contributed by atoms with E-state index in [1.54, 1.807) is 7.05 Å². The first kappa shape index (κ1) is 24.2. The molecule has 0 spiro atoms. The largest absolute Gasteiger partial charge is 0.465 e. The van der Waals surface area contributed by atoms with E-state index in [0.29, 0.717) is 24.4 Å². The van der Waals surface area contributed by atoms with Crippen LogP contribution in [0, 0.1) is 12.8 Å². The van der Waals surface area contributed by atoms with Crippen molar-refractivity contribution in [3.05, 3.63) is 59.3 Å². The normalized spacial score (nSPS) is 11.2. The highest BCUT2D eigenvalue weighted by atomic mass is 16.4. The second kappa shape index (κ2) is 10.5. The van der Waals surface area contributed by atoms with Gasteiger partial charge < -0.3 is 10.8 Å². The van der Waals surface area contributed by atoms with Crippen LogP contribution in [0.15, 0.2) is 42.5 Å². The van der Waals surface area contributed by atoms with Crippen LogP contribution >= 0.6 is 0 Å². The maximum Gasteiger partial charge on any atom is 0.411 e. The number of unbranched alkanes of at least 4 members (excludes halogenated alkanes) is 1. The van der Waals surface area contributed by atoms with Gasteiger partial charge in [-0.2, -0.15) is 0 Å². The van der Waals surface area contributed by atoms with Gasteiger partial charge in [0.05, 0.1) is 16.9 Å². The minimum absolute atomic E-state index is 0.279. The Morgan fingerprint density at radius 1 is 1.09 bits per heavy atom. The number of amides is 2. The van der Waals surface area contributed by atoms with E-state index < -0.39 is 6.09 Å². The van der Waals surface area contributed by atoms with Gasteiger partial charge in [0.1, 0.15) is 0 Å². The predicted molar refractivity (Wildman–Crippen MR) is 134 cm³/mol. The van der Waals surface area contributed by atoms with Crippen molar-refractivity contribution in [2.24, 2.45) is 11.7 Å². The van der Waals surface area contributed by atoms with Gasteiger partial charge >= 0.3 is 6.09 Å². The summed E-state index contributed by atoms with van der Waals surface area (Å²) in [6.45, 7) is 6.25. The highest BCUT2D eigenvalue weighted by Gasteiger charge is 2.23. The quantitative estimate of drug-likeness (QED) is 0.410. The van der Waals surface area contributed by atoms with Crippen molar-refractivity contribution in [3.63, 3.8) is 0 Å². The molecule has 0 fully saturated rings. The first-order valence-corrected chi connectivity index (χ1v) is 11.4. The molecule has 1 heterocycles. The lowest BCUT2D eigenvalue weighted by Gasteiger charge is -2.24. The molecule has 33 heavy (non-hydrogen) atoms. The molecule has 6 heteroatoms. The van der Waals surface area contributed by atoms with Crippen molar-refractivity contribution < 1.29 is 14.7 Å². The summed E-state index contributed by atoms with van der Waals surface area (Å²) < 4.78 is 0. The Kier molecular flexibility index (Phi) is 7.69. The molecule has 3 rings (SSSR count). The van der Waals surface area contributed by atoms with Crippen LogP contribution in [-0.2, 0) is 17.6 Å². The molecule has 3 aromatic rings. The molecule has 0 radical (unpaired) electrons. The van der Waals surface area contributed by atoms with Gasteiger partial charge in [0.25, 0.3) is 0 Å². The third kappa shape index (κ3) is 5.89. The van der Waals surface area contributed by atoms with Crippen LogP contribution < -0.4 is 10.6 Å². The number of pyridine rings is 1. The zero-order valence-electron chi connectivity index (χ0n) is 19.9. The molecule has 0 saturated carbocycles. The Morgan fingerprint density at radius 3 is 2.39 bits per heavy atom. The Morgan fingerprint density at radius 2 is 1.79 bits per heavy atom. The highest BCUT2D eigenvalue weighted by molar-refractivity contribution is 6.05. The number of nitrogens with two attached hydrogens (primary N) is 1. The van der Waals surface area contributed by atoms with Gasteiger partial charge in [-0.05, 0) is 61.8 Å². The number of carbonyl (C=O) groups is 2. The predicted octanol–water partition coefficient (Wildman–Crippen LogP) is 5.72. The molecule has 174 valence electrons. The second-order valence-corrected chi connectivity index (χ2v) is 9.11. The summed E-state index contributed by atoms with van der Waals surface area (Å²) in [5.41, 5.74) is 11.7. The molecule has 1 aromatic heterocycles. The number of aryl methyl sites for hydroxylation is 2. The topological polar surface area (TPSA) is 96.5 Å². The number of carbonyl (C=O) groups excluding carboxylic acids is 1. The Hall–Kier alpha value is -3.41. The molecular weight excluding hydrogens is 414 g/mol. The van der Waals surface area contributed by atoms with E-state index in [-0.39, 0.29) is 5.91 Å². The molecule has 0 aliphatic heterocycles. The van der Waals surface area contributed by atoms with Crippen molar-refractivity contribution in [2.75, 3.05) is 11.9 Å². The zero-order valence-corrected chi connectivity index (χ0v) is 19.9. The van der Waals surface area contributed by atoms with Crippen LogP contribution in [0.25, 0.3) is 22.0 Å². The molecule has 0 bridgehead atoms. The van der Waals surface area contributed by atoms with Crippen molar-refractivity contribution >= 4 is 28.6 Å².